The number of thiophene rings is 1. The Labute approximate surface area is 157 Å². The van der Waals surface area contributed by atoms with Crippen molar-refractivity contribution in [3.05, 3.63) is 52.6 Å². The summed E-state index contributed by atoms with van der Waals surface area (Å²) in [7, 11) is 0. The maximum atomic E-state index is 12.3. The van der Waals surface area contributed by atoms with Crippen LogP contribution < -0.4 is 0 Å². The van der Waals surface area contributed by atoms with Crippen LogP contribution in [0.1, 0.15) is 17.3 Å². The van der Waals surface area contributed by atoms with E-state index in [1.54, 1.807) is 31.2 Å². The monoisotopic (exact) mass is 392 g/mol. The van der Waals surface area contributed by atoms with E-state index in [0.717, 1.165) is 15.2 Å². The molecule has 0 radical (unpaired) electrons. The van der Waals surface area contributed by atoms with Gasteiger partial charge in [-0.05, 0) is 42.6 Å². The van der Waals surface area contributed by atoms with Gasteiger partial charge in [-0.2, -0.15) is 0 Å². The number of nitrogens with zero attached hydrogens (tertiary/aromatic N) is 2. The van der Waals surface area contributed by atoms with E-state index < -0.39 is 12.1 Å². The molecule has 0 spiro atoms. The number of rotatable bonds is 6. The second kappa shape index (κ2) is 7.95. The molecule has 1 aromatic carbocycles. The zero-order chi connectivity index (χ0) is 17.8. The van der Waals surface area contributed by atoms with Crippen molar-refractivity contribution in [2.45, 2.75) is 18.1 Å². The summed E-state index contributed by atoms with van der Waals surface area (Å²) in [6.07, 6.45) is 0.611. The highest BCUT2D eigenvalue weighted by atomic mass is 35.5. The molecular weight excluding hydrogens is 380 g/mol. The number of hydrogen-bond acceptors (Lipinski definition) is 7. The summed E-state index contributed by atoms with van der Waals surface area (Å²) in [5.41, 5.74) is 0.452. The molecule has 0 bridgehead atoms. The van der Waals surface area contributed by atoms with Crippen molar-refractivity contribution < 1.29 is 14.3 Å². The third-order valence-electron chi connectivity index (χ3n) is 3.36. The van der Waals surface area contributed by atoms with Crippen molar-refractivity contribution in [3.8, 4) is 0 Å². The molecule has 1 atom stereocenters. The van der Waals surface area contributed by atoms with Gasteiger partial charge in [0.25, 0.3) is 0 Å². The van der Waals surface area contributed by atoms with E-state index in [-0.39, 0.29) is 11.5 Å². The van der Waals surface area contributed by atoms with Crippen molar-refractivity contribution in [2.24, 2.45) is 0 Å². The highest BCUT2D eigenvalue weighted by Crippen LogP contribution is 2.27. The van der Waals surface area contributed by atoms with Gasteiger partial charge in [-0.25, -0.2) is 9.97 Å². The molecule has 3 aromatic rings. The first-order valence-electron chi connectivity index (χ1n) is 7.35. The number of aromatic nitrogens is 2. The second-order valence-electron chi connectivity index (χ2n) is 5.11. The predicted molar refractivity (Wildman–Crippen MR) is 99.5 cm³/mol. The van der Waals surface area contributed by atoms with Gasteiger partial charge in [0.15, 0.2) is 6.10 Å². The normalized spacial score (nSPS) is 12.1. The Bertz CT molecular complexity index is 912. The van der Waals surface area contributed by atoms with Gasteiger partial charge in [0.05, 0.1) is 5.75 Å². The molecule has 8 heteroatoms. The van der Waals surface area contributed by atoms with Crippen molar-refractivity contribution in [1.29, 1.82) is 0 Å². The molecule has 0 N–H and O–H groups in total. The number of thioether (sulfide) groups is 1. The number of Topliss-reactive ketones (excluding diaryl/α,β-unsaturated/α-hetero) is 1. The lowest BCUT2D eigenvalue weighted by Gasteiger charge is -2.12. The Balaban J connectivity index is 1.57. The average molecular weight is 393 g/mol. The largest absolute Gasteiger partial charge is 0.454 e. The summed E-state index contributed by atoms with van der Waals surface area (Å²) < 4.78 is 5.23. The molecule has 25 heavy (non-hydrogen) atoms. The lowest BCUT2D eigenvalue weighted by molar-refractivity contribution is -0.143. The minimum absolute atomic E-state index is 0.0696. The van der Waals surface area contributed by atoms with Gasteiger partial charge in [0.2, 0.25) is 5.78 Å². The first-order chi connectivity index (χ1) is 12.0. The minimum atomic E-state index is -0.860. The smallest absolute Gasteiger partial charge is 0.317 e. The number of carbonyl (C=O) groups excluding carboxylic acids is 2. The maximum absolute atomic E-state index is 12.3. The molecule has 0 aliphatic heterocycles. The van der Waals surface area contributed by atoms with Gasteiger partial charge in [0.1, 0.15) is 16.2 Å². The molecule has 0 saturated carbocycles. The molecule has 0 saturated heterocycles. The van der Waals surface area contributed by atoms with Crippen molar-refractivity contribution in [1.82, 2.24) is 9.97 Å². The maximum Gasteiger partial charge on any atom is 0.317 e. The van der Waals surface area contributed by atoms with Crippen LogP contribution in [0.2, 0.25) is 5.02 Å². The molecule has 0 aliphatic carbocycles. The van der Waals surface area contributed by atoms with E-state index in [9.17, 15) is 9.59 Å². The first-order valence-corrected chi connectivity index (χ1v) is 9.59. The van der Waals surface area contributed by atoms with Crippen LogP contribution in [0.5, 0.6) is 0 Å². The summed E-state index contributed by atoms with van der Waals surface area (Å²) in [5.74, 6) is -0.667. The molecule has 2 aromatic heterocycles. The van der Waals surface area contributed by atoms with E-state index in [2.05, 4.69) is 9.97 Å². The van der Waals surface area contributed by atoms with Gasteiger partial charge < -0.3 is 4.74 Å². The number of carbonyl (C=O) groups is 2. The van der Waals surface area contributed by atoms with Gasteiger partial charge in [-0.1, -0.05) is 23.4 Å². The van der Waals surface area contributed by atoms with Crippen LogP contribution in [0, 0.1) is 0 Å². The summed E-state index contributed by atoms with van der Waals surface area (Å²) in [6.45, 7) is 1.56. The van der Waals surface area contributed by atoms with Gasteiger partial charge >= 0.3 is 5.97 Å². The molecule has 0 unspecified atom stereocenters. The SMILES string of the molecule is C[C@H](OC(=O)CSc1ncnc2sccc12)C(=O)c1ccc(Cl)cc1. The van der Waals surface area contributed by atoms with Crippen LogP contribution in [0.4, 0.5) is 0 Å². The number of ketones is 1. The molecule has 0 aliphatic rings. The molecule has 3 rings (SSSR count). The van der Waals surface area contributed by atoms with Crippen molar-refractivity contribution in [2.75, 3.05) is 5.75 Å². The van der Waals surface area contributed by atoms with Crippen molar-refractivity contribution in [3.63, 3.8) is 0 Å². The van der Waals surface area contributed by atoms with Crippen LogP contribution in [0.3, 0.4) is 0 Å². The van der Waals surface area contributed by atoms with Crippen molar-refractivity contribution >= 4 is 56.7 Å². The fraction of sp³-hybridized carbons (Fsp3) is 0.176. The highest BCUT2D eigenvalue weighted by Gasteiger charge is 2.20. The molecule has 0 amide bonds. The molecule has 2 heterocycles. The van der Waals surface area contributed by atoms with Gasteiger partial charge in [0, 0.05) is 16.0 Å². The van der Waals surface area contributed by atoms with Gasteiger partial charge in [-0.15, -0.1) is 11.3 Å². The molecule has 5 nitrogen and oxygen atoms in total. The van der Waals surface area contributed by atoms with E-state index in [1.165, 1.54) is 29.4 Å². The molecular formula is C17H13ClN2O3S2. The summed E-state index contributed by atoms with van der Waals surface area (Å²) in [6, 6.07) is 8.39. The van der Waals surface area contributed by atoms with E-state index in [1.807, 2.05) is 11.4 Å². The highest BCUT2D eigenvalue weighted by molar-refractivity contribution is 8.00. The Morgan fingerprint density at radius 1 is 1.24 bits per heavy atom. The van der Waals surface area contributed by atoms with Crippen LogP contribution in [-0.4, -0.2) is 33.6 Å². The predicted octanol–water partition coefficient (Wildman–Crippen LogP) is 4.25. The van der Waals surface area contributed by atoms with Crippen LogP contribution in [-0.2, 0) is 9.53 Å². The fourth-order valence-electron chi connectivity index (χ4n) is 2.14. The van der Waals surface area contributed by atoms with E-state index >= 15 is 0 Å². The Kier molecular flexibility index (Phi) is 5.67. The number of benzene rings is 1. The average Bonchev–Trinajstić information content (AvgIpc) is 3.09. The number of esters is 1. The Morgan fingerprint density at radius 2 is 2.00 bits per heavy atom. The third-order valence-corrected chi connectivity index (χ3v) is 5.41. The molecule has 0 fully saturated rings. The lowest BCUT2D eigenvalue weighted by Crippen LogP contribution is -2.25. The van der Waals surface area contributed by atoms with E-state index in [0.29, 0.717) is 10.6 Å². The minimum Gasteiger partial charge on any atom is -0.454 e. The molecule has 128 valence electrons. The van der Waals surface area contributed by atoms with Crippen LogP contribution >= 0.6 is 34.7 Å². The van der Waals surface area contributed by atoms with Crippen LogP contribution in [0.15, 0.2) is 47.1 Å². The standard InChI is InChI=1S/C17H13ClN2O3S2/c1-10(15(22)11-2-4-12(18)5-3-11)23-14(21)8-25-17-13-6-7-24-16(13)19-9-20-17/h2-7,9-10H,8H2,1H3/t10-/m0/s1. The zero-order valence-corrected chi connectivity index (χ0v) is 15.5. The zero-order valence-electron chi connectivity index (χ0n) is 13.1. The first kappa shape index (κ1) is 17.8. The van der Waals surface area contributed by atoms with E-state index in [4.69, 9.17) is 16.3 Å². The number of fused-ring (bicyclic) bond motifs is 1. The summed E-state index contributed by atoms with van der Waals surface area (Å²) >= 11 is 8.58. The number of halogens is 1. The van der Waals surface area contributed by atoms with Crippen LogP contribution in [0.25, 0.3) is 10.2 Å². The Morgan fingerprint density at radius 3 is 2.76 bits per heavy atom. The second-order valence-corrected chi connectivity index (χ2v) is 7.41. The lowest BCUT2D eigenvalue weighted by atomic mass is 10.1. The topological polar surface area (TPSA) is 69.2 Å². The summed E-state index contributed by atoms with van der Waals surface area (Å²) in [5, 5.41) is 4.10. The number of ether oxygens (including phenoxy) is 1. The third kappa shape index (κ3) is 4.36. The van der Waals surface area contributed by atoms with Gasteiger partial charge in [-0.3, -0.25) is 9.59 Å². The Hall–Kier alpha value is -1.96. The fourth-order valence-corrected chi connectivity index (χ4v) is 3.83. The quantitative estimate of drug-likeness (QED) is 0.270. The summed E-state index contributed by atoms with van der Waals surface area (Å²) in [4.78, 5) is 33.5. The number of hydrogen-bond donors (Lipinski definition) is 0.